The molecule has 1 amide bonds. The average Bonchev–Trinajstić information content (AvgIpc) is 3.35. The molecular formula is C20H14Cl3FN4O2. The summed E-state index contributed by atoms with van der Waals surface area (Å²) in [6.07, 6.45) is 0.854. The summed E-state index contributed by atoms with van der Waals surface area (Å²) in [7, 11) is 0. The number of halogens is 4. The maximum Gasteiger partial charge on any atom is 0.269 e. The molecule has 0 bridgehead atoms. The molecule has 154 valence electrons. The summed E-state index contributed by atoms with van der Waals surface area (Å²) >= 11 is 18.4. The highest BCUT2D eigenvalue weighted by Gasteiger charge is 2.31. The number of aromatic nitrogens is 2. The van der Waals surface area contributed by atoms with Crippen LogP contribution in [0.1, 0.15) is 17.5 Å². The second-order valence-corrected chi connectivity index (χ2v) is 7.74. The molecular weight excluding hydrogens is 454 g/mol. The molecule has 0 spiro atoms. The fourth-order valence-corrected chi connectivity index (χ4v) is 3.80. The molecule has 1 aromatic heterocycles. The van der Waals surface area contributed by atoms with Gasteiger partial charge in [-0.2, -0.15) is 5.10 Å². The number of anilines is 1. The molecule has 0 saturated carbocycles. The van der Waals surface area contributed by atoms with Gasteiger partial charge in [0.2, 0.25) is 6.10 Å². The lowest BCUT2D eigenvalue weighted by atomic mass is 10.0. The van der Waals surface area contributed by atoms with Gasteiger partial charge in [-0.25, -0.2) is 4.39 Å². The Bertz CT molecular complexity index is 1110. The van der Waals surface area contributed by atoms with Crippen molar-refractivity contribution in [1.29, 1.82) is 0 Å². The summed E-state index contributed by atoms with van der Waals surface area (Å²) < 4.78 is 15.7. The molecule has 2 aromatic carbocycles. The number of rotatable bonds is 5. The van der Waals surface area contributed by atoms with Gasteiger partial charge in [-0.15, -0.1) is 0 Å². The number of carbonyl (C=O) groups excluding carboxylic acids is 1. The van der Waals surface area contributed by atoms with Gasteiger partial charge in [0.25, 0.3) is 5.91 Å². The van der Waals surface area contributed by atoms with Crippen LogP contribution in [0.3, 0.4) is 0 Å². The largest absolute Gasteiger partial charge is 0.382 e. The Morgan fingerprint density at radius 3 is 2.57 bits per heavy atom. The Morgan fingerprint density at radius 1 is 1.13 bits per heavy atom. The third-order valence-corrected chi connectivity index (χ3v) is 5.51. The summed E-state index contributed by atoms with van der Waals surface area (Å²) in [5.41, 5.74) is 1.13. The molecule has 0 fully saturated rings. The lowest BCUT2D eigenvalue weighted by Crippen LogP contribution is -2.28. The van der Waals surface area contributed by atoms with E-state index in [0.717, 1.165) is 5.56 Å². The molecule has 0 aliphatic carbocycles. The Kier molecular flexibility index (Phi) is 5.94. The minimum atomic E-state index is -0.918. The molecule has 10 heteroatoms. The first-order valence-electron chi connectivity index (χ1n) is 8.86. The molecule has 1 aliphatic heterocycles. The summed E-state index contributed by atoms with van der Waals surface area (Å²) in [4.78, 5) is 17.7. The quantitative estimate of drug-likeness (QED) is 0.563. The molecule has 1 N–H and O–H groups in total. The van der Waals surface area contributed by atoms with Crippen LogP contribution < -0.4 is 5.32 Å². The van der Waals surface area contributed by atoms with E-state index in [1.807, 2.05) is 0 Å². The van der Waals surface area contributed by atoms with Crippen molar-refractivity contribution in [3.05, 3.63) is 80.7 Å². The molecule has 1 unspecified atom stereocenters. The number of hydrogen-bond acceptors (Lipinski definition) is 4. The minimum Gasteiger partial charge on any atom is -0.382 e. The van der Waals surface area contributed by atoms with Crippen LogP contribution in [-0.2, 0) is 16.2 Å². The number of hydrogen-bond donors (Lipinski definition) is 1. The van der Waals surface area contributed by atoms with E-state index in [1.54, 1.807) is 41.2 Å². The second-order valence-electron chi connectivity index (χ2n) is 6.52. The highest BCUT2D eigenvalue weighted by molar-refractivity contribution is 6.36. The number of benzene rings is 2. The van der Waals surface area contributed by atoms with Crippen molar-refractivity contribution in [3.63, 3.8) is 0 Å². The van der Waals surface area contributed by atoms with Gasteiger partial charge in [0, 0.05) is 34.3 Å². The third-order valence-electron chi connectivity index (χ3n) is 4.49. The first kappa shape index (κ1) is 20.7. The van der Waals surface area contributed by atoms with Crippen molar-refractivity contribution in [3.8, 4) is 0 Å². The predicted octanol–water partition coefficient (Wildman–Crippen LogP) is 5.16. The highest BCUT2D eigenvalue weighted by Crippen LogP contribution is 2.27. The number of oxime groups is 1. The van der Waals surface area contributed by atoms with Gasteiger partial charge < -0.3 is 10.2 Å². The van der Waals surface area contributed by atoms with E-state index in [-0.39, 0.29) is 22.7 Å². The van der Waals surface area contributed by atoms with Crippen LogP contribution in [-0.4, -0.2) is 27.5 Å². The molecule has 2 heterocycles. The van der Waals surface area contributed by atoms with Crippen LogP contribution >= 0.6 is 34.8 Å². The summed E-state index contributed by atoms with van der Waals surface area (Å²) in [5, 5.41) is 12.0. The van der Waals surface area contributed by atoms with Crippen molar-refractivity contribution in [2.24, 2.45) is 5.16 Å². The maximum absolute atomic E-state index is 14.1. The van der Waals surface area contributed by atoms with E-state index in [2.05, 4.69) is 15.6 Å². The zero-order valence-electron chi connectivity index (χ0n) is 15.3. The summed E-state index contributed by atoms with van der Waals surface area (Å²) in [6, 6.07) is 11.2. The Balaban J connectivity index is 1.40. The lowest BCUT2D eigenvalue weighted by molar-refractivity contribution is -0.125. The topological polar surface area (TPSA) is 68.5 Å². The SMILES string of the molecule is O=C(Nc1ccn(Cc2c(Cl)cccc2Cl)n1)C1CC(c2c(F)cccc2Cl)=NO1. The number of amides is 1. The van der Waals surface area contributed by atoms with Crippen LogP contribution in [0.25, 0.3) is 0 Å². The molecule has 0 radical (unpaired) electrons. The van der Waals surface area contributed by atoms with Crippen molar-refractivity contribution >= 4 is 52.2 Å². The van der Waals surface area contributed by atoms with Gasteiger partial charge in [0.15, 0.2) is 5.82 Å². The minimum absolute atomic E-state index is 0.0857. The van der Waals surface area contributed by atoms with Crippen molar-refractivity contribution in [2.45, 2.75) is 19.1 Å². The van der Waals surface area contributed by atoms with Crippen molar-refractivity contribution in [1.82, 2.24) is 9.78 Å². The van der Waals surface area contributed by atoms with E-state index in [4.69, 9.17) is 39.6 Å². The normalized spacial score (nSPS) is 15.6. The molecule has 3 aromatic rings. The van der Waals surface area contributed by atoms with Gasteiger partial charge in [0.05, 0.1) is 22.8 Å². The summed E-state index contributed by atoms with van der Waals surface area (Å²) in [6.45, 7) is 0.341. The Hall–Kier alpha value is -2.61. The van der Waals surface area contributed by atoms with Crippen molar-refractivity contribution in [2.75, 3.05) is 5.32 Å². The maximum atomic E-state index is 14.1. The van der Waals surface area contributed by atoms with E-state index >= 15 is 0 Å². The monoisotopic (exact) mass is 466 g/mol. The Labute approximate surface area is 186 Å². The fraction of sp³-hybridized carbons (Fsp3) is 0.150. The predicted molar refractivity (Wildman–Crippen MR) is 114 cm³/mol. The molecule has 30 heavy (non-hydrogen) atoms. The zero-order chi connectivity index (χ0) is 21.3. The molecule has 4 rings (SSSR count). The molecule has 6 nitrogen and oxygen atoms in total. The number of nitrogens with one attached hydrogen (secondary N) is 1. The van der Waals surface area contributed by atoms with Crippen LogP contribution in [0.4, 0.5) is 10.2 Å². The summed E-state index contributed by atoms with van der Waals surface area (Å²) in [5.74, 6) is -0.658. The fourth-order valence-electron chi connectivity index (χ4n) is 3.01. The molecule has 1 atom stereocenters. The van der Waals surface area contributed by atoms with Crippen LogP contribution in [0.2, 0.25) is 15.1 Å². The third kappa shape index (κ3) is 4.28. The second kappa shape index (κ2) is 8.63. The number of nitrogens with zero attached hydrogens (tertiary/aromatic N) is 3. The van der Waals surface area contributed by atoms with E-state index < -0.39 is 17.8 Å². The van der Waals surface area contributed by atoms with Gasteiger partial charge in [0.1, 0.15) is 5.82 Å². The van der Waals surface area contributed by atoms with Crippen molar-refractivity contribution < 1.29 is 14.0 Å². The van der Waals surface area contributed by atoms with Gasteiger partial charge in [-0.1, -0.05) is 52.1 Å². The standard InChI is InChI=1S/C20H14Cl3FN4O2/c21-12-3-1-4-13(22)11(12)10-28-8-7-18(26-28)25-20(29)17-9-16(27-30-17)19-14(23)5-2-6-15(19)24/h1-8,17H,9-10H2,(H,25,26,29). The van der Waals surface area contributed by atoms with E-state index in [0.29, 0.717) is 22.4 Å². The first-order chi connectivity index (χ1) is 14.4. The average molecular weight is 468 g/mol. The van der Waals surface area contributed by atoms with Crippen LogP contribution in [0.5, 0.6) is 0 Å². The smallest absolute Gasteiger partial charge is 0.269 e. The van der Waals surface area contributed by atoms with Gasteiger partial charge in [-0.3, -0.25) is 9.48 Å². The number of carbonyl (C=O) groups is 1. The lowest BCUT2D eigenvalue weighted by Gasteiger charge is -2.08. The van der Waals surface area contributed by atoms with Gasteiger partial charge in [-0.05, 0) is 24.3 Å². The molecule has 0 saturated heterocycles. The van der Waals surface area contributed by atoms with Crippen LogP contribution in [0.15, 0.2) is 53.8 Å². The van der Waals surface area contributed by atoms with Crippen LogP contribution in [0, 0.1) is 5.82 Å². The molecule has 1 aliphatic rings. The highest BCUT2D eigenvalue weighted by atomic mass is 35.5. The zero-order valence-corrected chi connectivity index (χ0v) is 17.5. The van der Waals surface area contributed by atoms with E-state index in [1.165, 1.54) is 12.1 Å². The first-order valence-corrected chi connectivity index (χ1v) is 10.00. The Morgan fingerprint density at radius 2 is 1.83 bits per heavy atom. The van der Waals surface area contributed by atoms with Gasteiger partial charge >= 0.3 is 0 Å². The van der Waals surface area contributed by atoms with E-state index in [9.17, 15) is 9.18 Å².